The number of aliphatic hydroxyl groups is 1. The highest BCUT2D eigenvalue weighted by Gasteiger charge is 2.15. The molecule has 0 aromatic carbocycles. The molecule has 12 heavy (non-hydrogen) atoms. The molecule has 0 spiro atoms. The van der Waals surface area contributed by atoms with Crippen molar-refractivity contribution in [3.8, 4) is 0 Å². The second-order valence-electron chi connectivity index (χ2n) is 2.89. The SMILES string of the molecule is CCC(C)(O)NCCOC(C)=O. The van der Waals surface area contributed by atoms with E-state index in [1.54, 1.807) is 6.92 Å². The van der Waals surface area contributed by atoms with Crippen LogP contribution in [0.25, 0.3) is 0 Å². The summed E-state index contributed by atoms with van der Waals surface area (Å²) in [7, 11) is 0. The highest BCUT2D eigenvalue weighted by Crippen LogP contribution is 2.01. The minimum Gasteiger partial charge on any atom is -0.465 e. The largest absolute Gasteiger partial charge is 0.465 e. The fourth-order valence-electron chi connectivity index (χ4n) is 0.640. The molecule has 0 rings (SSSR count). The molecule has 0 aromatic heterocycles. The summed E-state index contributed by atoms with van der Waals surface area (Å²) in [5, 5.41) is 12.3. The smallest absolute Gasteiger partial charge is 0.302 e. The lowest BCUT2D eigenvalue weighted by Gasteiger charge is -2.22. The van der Waals surface area contributed by atoms with Gasteiger partial charge in [0.05, 0.1) is 0 Å². The van der Waals surface area contributed by atoms with E-state index in [1.165, 1.54) is 6.92 Å². The van der Waals surface area contributed by atoms with Crippen LogP contribution in [0.1, 0.15) is 27.2 Å². The number of carbonyl (C=O) groups excluding carboxylic acids is 1. The molecule has 4 heteroatoms. The molecule has 0 heterocycles. The van der Waals surface area contributed by atoms with Gasteiger partial charge in [-0.05, 0) is 13.3 Å². The van der Waals surface area contributed by atoms with Crippen LogP contribution in [0.4, 0.5) is 0 Å². The second-order valence-corrected chi connectivity index (χ2v) is 2.89. The summed E-state index contributed by atoms with van der Waals surface area (Å²) in [5.74, 6) is -0.298. The lowest BCUT2D eigenvalue weighted by atomic mass is 10.2. The van der Waals surface area contributed by atoms with Crippen LogP contribution in [0.5, 0.6) is 0 Å². The molecule has 0 aliphatic carbocycles. The van der Waals surface area contributed by atoms with Crippen molar-refractivity contribution >= 4 is 5.97 Å². The summed E-state index contributed by atoms with van der Waals surface area (Å²) in [5.41, 5.74) is -0.861. The Morgan fingerprint density at radius 1 is 1.67 bits per heavy atom. The van der Waals surface area contributed by atoms with Gasteiger partial charge in [-0.15, -0.1) is 0 Å². The molecular formula is C8H17NO3. The number of ether oxygens (including phenoxy) is 1. The topological polar surface area (TPSA) is 58.6 Å². The van der Waals surface area contributed by atoms with E-state index in [0.717, 1.165) is 0 Å². The van der Waals surface area contributed by atoms with Crippen LogP contribution in [0.2, 0.25) is 0 Å². The molecule has 0 aliphatic rings. The Morgan fingerprint density at radius 3 is 2.67 bits per heavy atom. The molecule has 0 saturated carbocycles. The van der Waals surface area contributed by atoms with Gasteiger partial charge < -0.3 is 9.84 Å². The van der Waals surface area contributed by atoms with Crippen LogP contribution in [-0.4, -0.2) is 30.0 Å². The maximum Gasteiger partial charge on any atom is 0.302 e. The van der Waals surface area contributed by atoms with Crippen molar-refractivity contribution < 1.29 is 14.6 Å². The molecule has 2 N–H and O–H groups in total. The summed E-state index contributed by atoms with van der Waals surface area (Å²) in [4.78, 5) is 10.3. The predicted molar refractivity (Wildman–Crippen MR) is 45.6 cm³/mol. The molecule has 0 aromatic rings. The zero-order chi connectivity index (χ0) is 9.61. The van der Waals surface area contributed by atoms with Gasteiger partial charge in [-0.2, -0.15) is 0 Å². The third-order valence-electron chi connectivity index (χ3n) is 1.60. The highest BCUT2D eigenvalue weighted by atomic mass is 16.5. The van der Waals surface area contributed by atoms with Gasteiger partial charge in [-0.1, -0.05) is 6.92 Å². The van der Waals surface area contributed by atoms with Gasteiger partial charge >= 0.3 is 5.97 Å². The summed E-state index contributed by atoms with van der Waals surface area (Å²) in [6, 6.07) is 0. The van der Waals surface area contributed by atoms with Gasteiger partial charge in [0.15, 0.2) is 0 Å². The quantitative estimate of drug-likeness (QED) is 0.357. The van der Waals surface area contributed by atoms with E-state index >= 15 is 0 Å². The first-order valence-electron chi connectivity index (χ1n) is 4.08. The lowest BCUT2D eigenvalue weighted by molar-refractivity contribution is -0.141. The molecule has 0 bridgehead atoms. The molecule has 0 fully saturated rings. The molecule has 0 amide bonds. The summed E-state index contributed by atoms with van der Waals surface area (Å²) < 4.78 is 4.67. The molecule has 0 saturated heterocycles. The number of hydrogen-bond donors (Lipinski definition) is 2. The predicted octanol–water partition coefficient (Wildman–Crippen LogP) is 0.258. The van der Waals surface area contributed by atoms with Gasteiger partial charge in [0.1, 0.15) is 12.3 Å². The summed E-state index contributed by atoms with van der Waals surface area (Å²) >= 11 is 0. The van der Waals surface area contributed by atoms with Gasteiger partial charge in [-0.25, -0.2) is 0 Å². The van der Waals surface area contributed by atoms with E-state index in [-0.39, 0.29) is 5.97 Å². The molecule has 72 valence electrons. The summed E-state index contributed by atoms with van der Waals surface area (Å²) in [6.07, 6.45) is 0.618. The van der Waals surface area contributed by atoms with E-state index in [2.05, 4.69) is 10.1 Å². The van der Waals surface area contributed by atoms with Crippen molar-refractivity contribution in [3.05, 3.63) is 0 Å². The van der Waals surface area contributed by atoms with Gasteiger partial charge in [0, 0.05) is 13.5 Å². The van der Waals surface area contributed by atoms with Crippen molar-refractivity contribution in [2.75, 3.05) is 13.2 Å². The van der Waals surface area contributed by atoms with Crippen LogP contribution in [0.3, 0.4) is 0 Å². The van der Waals surface area contributed by atoms with Crippen LogP contribution < -0.4 is 5.32 Å². The Bertz CT molecular complexity index is 145. The van der Waals surface area contributed by atoms with Crippen molar-refractivity contribution in [1.29, 1.82) is 0 Å². The molecule has 0 aliphatic heterocycles. The molecule has 4 nitrogen and oxygen atoms in total. The number of rotatable bonds is 5. The third-order valence-corrected chi connectivity index (χ3v) is 1.60. The monoisotopic (exact) mass is 175 g/mol. The Hall–Kier alpha value is -0.610. The second kappa shape index (κ2) is 5.11. The van der Waals surface area contributed by atoms with Crippen LogP contribution in [0, 0.1) is 0 Å². The third kappa shape index (κ3) is 6.12. The van der Waals surface area contributed by atoms with E-state index in [1.807, 2.05) is 6.92 Å². The first-order chi connectivity index (χ1) is 5.48. The Balaban J connectivity index is 3.37. The van der Waals surface area contributed by atoms with E-state index in [9.17, 15) is 9.90 Å². The Labute approximate surface area is 72.9 Å². The van der Waals surface area contributed by atoms with Gasteiger partial charge in [0.25, 0.3) is 0 Å². The van der Waals surface area contributed by atoms with Crippen molar-refractivity contribution in [3.63, 3.8) is 0 Å². The normalized spacial score (nSPS) is 15.3. The zero-order valence-electron chi connectivity index (χ0n) is 7.89. The minimum atomic E-state index is -0.861. The minimum absolute atomic E-state index is 0.297. The summed E-state index contributed by atoms with van der Waals surface area (Å²) in [6.45, 7) is 5.68. The lowest BCUT2D eigenvalue weighted by Crippen LogP contribution is -2.43. The van der Waals surface area contributed by atoms with Crippen molar-refractivity contribution in [2.45, 2.75) is 32.9 Å². The molecular weight excluding hydrogens is 158 g/mol. The van der Waals surface area contributed by atoms with Crippen LogP contribution in [0.15, 0.2) is 0 Å². The van der Waals surface area contributed by atoms with Crippen LogP contribution >= 0.6 is 0 Å². The van der Waals surface area contributed by atoms with Crippen molar-refractivity contribution in [1.82, 2.24) is 5.32 Å². The molecule has 0 radical (unpaired) electrons. The first kappa shape index (κ1) is 11.4. The Morgan fingerprint density at radius 2 is 2.25 bits per heavy atom. The average Bonchev–Trinajstić information content (AvgIpc) is 1.98. The first-order valence-corrected chi connectivity index (χ1v) is 4.08. The Kier molecular flexibility index (Phi) is 4.85. The van der Waals surface area contributed by atoms with Crippen molar-refractivity contribution in [2.24, 2.45) is 0 Å². The van der Waals surface area contributed by atoms with E-state index < -0.39 is 5.72 Å². The zero-order valence-corrected chi connectivity index (χ0v) is 7.89. The fourth-order valence-corrected chi connectivity index (χ4v) is 0.640. The maximum absolute atomic E-state index is 10.3. The van der Waals surface area contributed by atoms with E-state index in [0.29, 0.717) is 19.6 Å². The maximum atomic E-state index is 10.3. The highest BCUT2D eigenvalue weighted by molar-refractivity contribution is 5.65. The molecule has 1 unspecified atom stereocenters. The average molecular weight is 175 g/mol. The number of esters is 1. The number of hydrogen-bond acceptors (Lipinski definition) is 4. The molecule has 1 atom stereocenters. The number of carbonyl (C=O) groups is 1. The van der Waals surface area contributed by atoms with E-state index in [4.69, 9.17) is 0 Å². The standard InChI is InChI=1S/C8H17NO3/c1-4-8(3,11)9-5-6-12-7(2)10/h9,11H,4-6H2,1-3H3. The fraction of sp³-hybridized carbons (Fsp3) is 0.875. The number of nitrogens with one attached hydrogen (secondary N) is 1. The van der Waals surface area contributed by atoms with Gasteiger partial charge in [-0.3, -0.25) is 10.1 Å². The van der Waals surface area contributed by atoms with Gasteiger partial charge in [0.2, 0.25) is 0 Å². The van der Waals surface area contributed by atoms with Crippen LogP contribution in [-0.2, 0) is 9.53 Å².